The van der Waals surface area contributed by atoms with Crippen LogP contribution in [0.25, 0.3) is 5.76 Å². The number of hydrogen-bond acceptors (Lipinski definition) is 1. The van der Waals surface area contributed by atoms with Crippen LogP contribution in [0.15, 0.2) is 30.3 Å². The van der Waals surface area contributed by atoms with E-state index in [1.807, 2.05) is 6.92 Å². The standard InChI is InChI=1S/C12H14O/c1-2-13-12-9-5-7-10-6-3-4-8-11(10)12/h3-4,6,8-9H,2,5,7H2,1H3. The molecule has 2 rings (SSSR count). The minimum Gasteiger partial charge on any atom is -0.494 e. The van der Waals surface area contributed by atoms with Gasteiger partial charge in [-0.3, -0.25) is 0 Å². The first-order valence-electron chi connectivity index (χ1n) is 4.83. The molecule has 0 saturated carbocycles. The predicted molar refractivity (Wildman–Crippen MR) is 54.4 cm³/mol. The van der Waals surface area contributed by atoms with Crippen molar-refractivity contribution in [2.24, 2.45) is 0 Å². The van der Waals surface area contributed by atoms with Crippen LogP contribution < -0.4 is 0 Å². The molecule has 0 unspecified atom stereocenters. The Bertz CT molecular complexity index is 326. The highest BCUT2D eigenvalue weighted by Gasteiger charge is 2.11. The molecule has 0 saturated heterocycles. The van der Waals surface area contributed by atoms with E-state index >= 15 is 0 Å². The third-order valence-electron chi connectivity index (χ3n) is 2.33. The van der Waals surface area contributed by atoms with Crippen molar-refractivity contribution in [1.29, 1.82) is 0 Å². The third-order valence-corrected chi connectivity index (χ3v) is 2.33. The Morgan fingerprint density at radius 3 is 3.00 bits per heavy atom. The number of ether oxygens (including phenoxy) is 1. The second kappa shape index (κ2) is 3.65. The molecule has 0 bridgehead atoms. The molecule has 0 heterocycles. The molecule has 0 atom stereocenters. The molecule has 0 spiro atoms. The molecule has 1 aromatic rings. The maximum absolute atomic E-state index is 5.57. The molecule has 1 nitrogen and oxygen atoms in total. The van der Waals surface area contributed by atoms with Crippen molar-refractivity contribution in [1.82, 2.24) is 0 Å². The maximum atomic E-state index is 5.57. The van der Waals surface area contributed by atoms with Gasteiger partial charge in [0.1, 0.15) is 5.76 Å². The average molecular weight is 174 g/mol. The summed E-state index contributed by atoms with van der Waals surface area (Å²) in [5.74, 6) is 1.06. The largest absolute Gasteiger partial charge is 0.494 e. The van der Waals surface area contributed by atoms with Crippen molar-refractivity contribution in [3.05, 3.63) is 41.5 Å². The van der Waals surface area contributed by atoms with Gasteiger partial charge in [-0.05, 0) is 31.4 Å². The predicted octanol–water partition coefficient (Wildman–Crippen LogP) is 3.01. The van der Waals surface area contributed by atoms with Gasteiger partial charge in [-0.2, -0.15) is 0 Å². The molecule has 0 fully saturated rings. The zero-order chi connectivity index (χ0) is 9.10. The summed E-state index contributed by atoms with van der Waals surface area (Å²) in [6.45, 7) is 2.78. The van der Waals surface area contributed by atoms with Crippen LogP contribution in [0.1, 0.15) is 24.5 Å². The quantitative estimate of drug-likeness (QED) is 0.669. The van der Waals surface area contributed by atoms with Gasteiger partial charge in [0.25, 0.3) is 0 Å². The molecule has 1 aliphatic rings. The fourth-order valence-corrected chi connectivity index (χ4v) is 1.74. The summed E-state index contributed by atoms with van der Waals surface area (Å²) in [6, 6.07) is 8.47. The number of hydrogen-bond donors (Lipinski definition) is 0. The molecular weight excluding hydrogens is 160 g/mol. The topological polar surface area (TPSA) is 9.23 Å². The van der Waals surface area contributed by atoms with Gasteiger partial charge in [-0.25, -0.2) is 0 Å². The van der Waals surface area contributed by atoms with E-state index < -0.39 is 0 Å². The van der Waals surface area contributed by atoms with E-state index in [0.717, 1.165) is 25.2 Å². The summed E-state index contributed by atoms with van der Waals surface area (Å²) >= 11 is 0. The van der Waals surface area contributed by atoms with Crippen LogP contribution in [0.5, 0.6) is 0 Å². The molecule has 0 aromatic heterocycles. The fourth-order valence-electron chi connectivity index (χ4n) is 1.74. The molecular formula is C12H14O. The van der Waals surface area contributed by atoms with E-state index in [0.29, 0.717) is 0 Å². The minimum absolute atomic E-state index is 0.750. The second-order valence-corrected chi connectivity index (χ2v) is 3.20. The van der Waals surface area contributed by atoms with E-state index in [1.165, 1.54) is 11.1 Å². The summed E-state index contributed by atoms with van der Waals surface area (Å²) in [6.07, 6.45) is 4.44. The highest BCUT2D eigenvalue weighted by molar-refractivity contribution is 5.64. The van der Waals surface area contributed by atoms with E-state index in [9.17, 15) is 0 Å². The Labute approximate surface area is 79.0 Å². The van der Waals surface area contributed by atoms with Crippen LogP contribution in [-0.2, 0) is 11.2 Å². The number of aryl methyl sites for hydroxylation is 1. The van der Waals surface area contributed by atoms with Crippen molar-refractivity contribution in [2.75, 3.05) is 6.61 Å². The fraction of sp³-hybridized carbons (Fsp3) is 0.333. The number of benzene rings is 1. The second-order valence-electron chi connectivity index (χ2n) is 3.20. The lowest BCUT2D eigenvalue weighted by Crippen LogP contribution is -2.01. The van der Waals surface area contributed by atoms with Crippen molar-refractivity contribution in [2.45, 2.75) is 19.8 Å². The zero-order valence-corrected chi connectivity index (χ0v) is 7.92. The molecule has 0 amide bonds. The van der Waals surface area contributed by atoms with Gasteiger partial charge in [0.05, 0.1) is 6.61 Å². The minimum atomic E-state index is 0.750. The Morgan fingerprint density at radius 2 is 2.15 bits per heavy atom. The van der Waals surface area contributed by atoms with Gasteiger partial charge in [-0.15, -0.1) is 0 Å². The maximum Gasteiger partial charge on any atom is 0.122 e. The summed E-state index contributed by atoms with van der Waals surface area (Å²) < 4.78 is 5.57. The lowest BCUT2D eigenvalue weighted by molar-refractivity contribution is 0.295. The van der Waals surface area contributed by atoms with Crippen LogP contribution in [0, 0.1) is 0 Å². The Balaban J connectivity index is 2.36. The van der Waals surface area contributed by atoms with E-state index in [2.05, 4.69) is 30.3 Å². The highest BCUT2D eigenvalue weighted by Crippen LogP contribution is 2.26. The monoisotopic (exact) mass is 174 g/mol. The van der Waals surface area contributed by atoms with Crippen LogP contribution in [0.3, 0.4) is 0 Å². The molecule has 1 heteroatoms. The summed E-state index contributed by atoms with van der Waals surface area (Å²) in [5, 5.41) is 0. The van der Waals surface area contributed by atoms with Gasteiger partial charge in [0.15, 0.2) is 0 Å². The van der Waals surface area contributed by atoms with Crippen LogP contribution in [-0.4, -0.2) is 6.61 Å². The third kappa shape index (κ3) is 1.59. The summed E-state index contributed by atoms with van der Waals surface area (Å²) in [7, 11) is 0. The Hall–Kier alpha value is -1.24. The van der Waals surface area contributed by atoms with Crippen molar-refractivity contribution < 1.29 is 4.74 Å². The SMILES string of the molecule is CCOC1=CCCc2ccccc21. The lowest BCUT2D eigenvalue weighted by atomic mass is 9.96. The zero-order valence-electron chi connectivity index (χ0n) is 7.92. The average Bonchev–Trinajstić information content (AvgIpc) is 2.19. The Kier molecular flexibility index (Phi) is 2.35. The highest BCUT2D eigenvalue weighted by atomic mass is 16.5. The number of rotatable bonds is 2. The van der Waals surface area contributed by atoms with Gasteiger partial charge < -0.3 is 4.74 Å². The van der Waals surface area contributed by atoms with Crippen molar-refractivity contribution in [3.63, 3.8) is 0 Å². The summed E-state index contributed by atoms with van der Waals surface area (Å²) in [5.41, 5.74) is 2.68. The molecule has 1 aromatic carbocycles. The van der Waals surface area contributed by atoms with Gasteiger partial charge in [0.2, 0.25) is 0 Å². The Morgan fingerprint density at radius 1 is 1.31 bits per heavy atom. The number of allylic oxidation sites excluding steroid dienone is 1. The van der Waals surface area contributed by atoms with E-state index in [4.69, 9.17) is 4.74 Å². The molecule has 0 N–H and O–H groups in total. The molecule has 68 valence electrons. The molecule has 0 aliphatic heterocycles. The smallest absolute Gasteiger partial charge is 0.122 e. The summed E-state index contributed by atoms with van der Waals surface area (Å²) in [4.78, 5) is 0. The number of fused-ring (bicyclic) bond motifs is 1. The van der Waals surface area contributed by atoms with Gasteiger partial charge in [-0.1, -0.05) is 24.3 Å². The lowest BCUT2D eigenvalue weighted by Gasteiger charge is -2.17. The van der Waals surface area contributed by atoms with Crippen LogP contribution in [0.4, 0.5) is 0 Å². The first-order chi connectivity index (χ1) is 6.42. The van der Waals surface area contributed by atoms with Crippen molar-refractivity contribution in [3.8, 4) is 0 Å². The molecule has 13 heavy (non-hydrogen) atoms. The van der Waals surface area contributed by atoms with E-state index in [1.54, 1.807) is 0 Å². The first kappa shape index (κ1) is 8.36. The van der Waals surface area contributed by atoms with Gasteiger partial charge in [0, 0.05) is 5.56 Å². The van der Waals surface area contributed by atoms with Gasteiger partial charge >= 0.3 is 0 Å². The molecule has 0 radical (unpaired) electrons. The van der Waals surface area contributed by atoms with E-state index in [-0.39, 0.29) is 0 Å². The first-order valence-corrected chi connectivity index (χ1v) is 4.83. The normalized spacial score (nSPS) is 14.7. The van der Waals surface area contributed by atoms with Crippen molar-refractivity contribution >= 4 is 5.76 Å². The van der Waals surface area contributed by atoms with Crippen LogP contribution in [0.2, 0.25) is 0 Å². The molecule has 1 aliphatic carbocycles. The van der Waals surface area contributed by atoms with Crippen LogP contribution >= 0.6 is 0 Å².